The monoisotopic (exact) mass is 375 g/mol. The van der Waals surface area contributed by atoms with Crippen molar-refractivity contribution >= 4 is 16.5 Å². The number of rotatable bonds is 9. The molecule has 1 aromatic heterocycles. The highest BCUT2D eigenvalue weighted by atomic mass is 16.5. The van der Waals surface area contributed by atoms with Crippen LogP contribution in [0.1, 0.15) is 43.9 Å². The molecule has 0 aliphatic heterocycles. The molecule has 0 fully saturated rings. The van der Waals surface area contributed by atoms with E-state index in [9.17, 15) is 0 Å². The molecule has 0 bridgehead atoms. The molecular weight excluding hydrogens is 346 g/mol. The van der Waals surface area contributed by atoms with Crippen molar-refractivity contribution in [3.63, 3.8) is 0 Å². The highest BCUT2D eigenvalue weighted by Crippen LogP contribution is 2.24. The summed E-state index contributed by atoms with van der Waals surface area (Å²) in [7, 11) is 1.66. The fraction of sp³-hybridized carbons (Fsp3) is 0.320. The lowest BCUT2D eigenvalue weighted by Crippen LogP contribution is -2.08. The third-order valence-corrected chi connectivity index (χ3v) is 4.95. The molecule has 3 aromatic rings. The molecule has 0 atom stereocenters. The van der Waals surface area contributed by atoms with Gasteiger partial charge in [-0.25, -0.2) is 4.99 Å². The van der Waals surface area contributed by atoms with Crippen LogP contribution in [0.3, 0.4) is 0 Å². The molecule has 0 spiro atoms. The van der Waals surface area contributed by atoms with Gasteiger partial charge in [-0.2, -0.15) is 0 Å². The minimum Gasteiger partial charge on any atom is -0.497 e. The first-order valence-electron chi connectivity index (χ1n) is 10.1. The lowest BCUT2D eigenvalue weighted by Gasteiger charge is -2.11. The van der Waals surface area contributed by atoms with Gasteiger partial charge in [0.05, 0.1) is 12.8 Å². The zero-order chi connectivity index (χ0) is 19.8. The van der Waals surface area contributed by atoms with Gasteiger partial charge in [0.2, 0.25) is 5.55 Å². The number of allylic oxidation sites excluding steroid dienone is 1. The number of unbranched alkanes of at least 4 members (excludes halogenated alkanes) is 3. The molecule has 0 aliphatic carbocycles. The molecule has 28 heavy (non-hydrogen) atoms. The van der Waals surface area contributed by atoms with Gasteiger partial charge in [0, 0.05) is 17.4 Å². The van der Waals surface area contributed by atoms with Gasteiger partial charge in [0.1, 0.15) is 11.5 Å². The Labute approximate surface area is 167 Å². The lowest BCUT2D eigenvalue weighted by atomic mass is 9.99. The van der Waals surface area contributed by atoms with E-state index in [-0.39, 0.29) is 0 Å². The minimum absolute atomic E-state index is 0.666. The highest BCUT2D eigenvalue weighted by molar-refractivity contribution is 5.85. The maximum absolute atomic E-state index is 6.37. The van der Waals surface area contributed by atoms with Crippen LogP contribution in [-0.2, 0) is 12.8 Å². The quantitative estimate of drug-likeness (QED) is 0.315. The molecule has 0 unspecified atom stereocenters. The van der Waals surface area contributed by atoms with Crippen molar-refractivity contribution in [2.75, 3.05) is 7.11 Å². The number of methoxy groups -OCH3 is 1. The summed E-state index contributed by atoms with van der Waals surface area (Å²) in [6.07, 6.45) is 8.52. The maximum Gasteiger partial charge on any atom is 0.227 e. The van der Waals surface area contributed by atoms with Crippen LogP contribution >= 0.6 is 0 Å². The average molecular weight is 376 g/mol. The number of benzene rings is 2. The number of fused-ring (bicyclic) bond motifs is 1. The van der Waals surface area contributed by atoms with E-state index in [1.807, 2.05) is 36.4 Å². The van der Waals surface area contributed by atoms with E-state index < -0.39 is 0 Å². The van der Waals surface area contributed by atoms with E-state index in [0.717, 1.165) is 41.8 Å². The van der Waals surface area contributed by atoms with Crippen molar-refractivity contribution in [3.05, 3.63) is 78.1 Å². The smallest absolute Gasteiger partial charge is 0.227 e. The Kier molecular flexibility index (Phi) is 7.07. The summed E-state index contributed by atoms with van der Waals surface area (Å²) >= 11 is 0. The van der Waals surface area contributed by atoms with Crippen molar-refractivity contribution in [2.45, 2.75) is 45.4 Å². The molecule has 0 radical (unpaired) electrons. The van der Waals surface area contributed by atoms with Gasteiger partial charge in [-0.15, -0.1) is 6.58 Å². The van der Waals surface area contributed by atoms with Crippen LogP contribution in [0, 0.1) is 0 Å². The first kappa shape index (κ1) is 19.9. The second-order valence-corrected chi connectivity index (χ2v) is 6.97. The molecule has 1 heterocycles. The molecule has 0 N–H and O–H groups in total. The van der Waals surface area contributed by atoms with E-state index in [4.69, 9.17) is 14.1 Å². The number of nitrogens with zero attached hydrogens (tertiary/aromatic N) is 1. The average Bonchev–Trinajstić information content (AvgIpc) is 2.74. The normalized spacial score (nSPS) is 11.7. The molecule has 0 saturated heterocycles. The maximum atomic E-state index is 6.37. The second kappa shape index (κ2) is 9.93. The topological polar surface area (TPSA) is 34.7 Å². The van der Waals surface area contributed by atoms with Gasteiger partial charge in [0.15, 0.2) is 0 Å². The summed E-state index contributed by atoms with van der Waals surface area (Å²) in [5.41, 5.74) is 2.75. The van der Waals surface area contributed by atoms with Crippen molar-refractivity contribution in [3.8, 4) is 5.75 Å². The zero-order valence-corrected chi connectivity index (χ0v) is 16.9. The van der Waals surface area contributed by atoms with Crippen LogP contribution in [0.4, 0.5) is 5.69 Å². The molecule has 3 rings (SSSR count). The SMILES string of the molecule is C=CCc1c(CCCCCC)oc(=Nc2ccc(OC)cc2)c2ccccc12. The summed E-state index contributed by atoms with van der Waals surface area (Å²) in [5, 5.41) is 2.24. The van der Waals surface area contributed by atoms with Gasteiger partial charge < -0.3 is 9.15 Å². The first-order valence-corrected chi connectivity index (χ1v) is 10.1. The van der Waals surface area contributed by atoms with E-state index >= 15 is 0 Å². The Hall–Kier alpha value is -2.81. The number of hydrogen-bond donors (Lipinski definition) is 0. The fourth-order valence-corrected chi connectivity index (χ4v) is 3.46. The van der Waals surface area contributed by atoms with Crippen molar-refractivity contribution in [1.82, 2.24) is 0 Å². The summed E-state index contributed by atoms with van der Waals surface area (Å²) in [6, 6.07) is 16.1. The number of hydrogen-bond acceptors (Lipinski definition) is 3. The van der Waals surface area contributed by atoms with Crippen LogP contribution < -0.4 is 10.3 Å². The predicted molar refractivity (Wildman–Crippen MR) is 116 cm³/mol. The Morgan fingerprint density at radius 3 is 2.43 bits per heavy atom. The van der Waals surface area contributed by atoms with Crippen LogP contribution in [0.25, 0.3) is 10.8 Å². The number of ether oxygens (including phenoxy) is 1. The molecular formula is C25H29NO2. The fourth-order valence-electron chi connectivity index (χ4n) is 3.46. The third-order valence-electron chi connectivity index (χ3n) is 4.95. The van der Waals surface area contributed by atoms with Crippen LogP contribution in [0.15, 0.2) is 70.6 Å². The van der Waals surface area contributed by atoms with E-state index in [2.05, 4.69) is 31.7 Å². The Morgan fingerprint density at radius 1 is 1.00 bits per heavy atom. The zero-order valence-electron chi connectivity index (χ0n) is 16.9. The summed E-state index contributed by atoms with van der Waals surface area (Å²) < 4.78 is 11.6. The summed E-state index contributed by atoms with van der Waals surface area (Å²) in [5.74, 6) is 1.85. The highest BCUT2D eigenvalue weighted by Gasteiger charge is 2.12. The molecule has 0 saturated carbocycles. The molecule has 2 aromatic carbocycles. The van der Waals surface area contributed by atoms with E-state index in [1.54, 1.807) is 7.11 Å². The van der Waals surface area contributed by atoms with Crippen LogP contribution in [-0.4, -0.2) is 7.11 Å². The molecule has 146 valence electrons. The van der Waals surface area contributed by atoms with Crippen molar-refractivity contribution in [1.29, 1.82) is 0 Å². The molecule has 3 heteroatoms. The van der Waals surface area contributed by atoms with Crippen LogP contribution in [0.2, 0.25) is 0 Å². The summed E-state index contributed by atoms with van der Waals surface area (Å²) in [6.45, 7) is 6.17. The second-order valence-electron chi connectivity index (χ2n) is 6.97. The van der Waals surface area contributed by atoms with Gasteiger partial charge in [0.25, 0.3) is 0 Å². The third kappa shape index (κ3) is 4.72. The summed E-state index contributed by atoms with van der Waals surface area (Å²) in [4.78, 5) is 4.80. The van der Waals surface area contributed by atoms with Gasteiger partial charge in [-0.1, -0.05) is 50.5 Å². The van der Waals surface area contributed by atoms with Gasteiger partial charge in [-0.05, 0) is 48.6 Å². The Bertz CT molecular complexity index is 984. The first-order chi connectivity index (χ1) is 13.8. The minimum atomic E-state index is 0.666. The van der Waals surface area contributed by atoms with E-state index in [1.165, 1.54) is 30.2 Å². The van der Waals surface area contributed by atoms with Gasteiger partial charge in [-0.3, -0.25) is 0 Å². The number of aryl methyl sites for hydroxylation is 1. The standard InChI is InChI=1S/C25H29NO2/c1-4-6-7-8-14-24-22(11-5-2)21-12-9-10-13-23(21)25(28-24)26-19-15-17-20(27-3)18-16-19/h5,9-10,12-13,15-18H,2,4,6-8,11,14H2,1,3H3. The molecule has 0 aliphatic rings. The predicted octanol–water partition coefficient (Wildman–Crippen LogP) is 6.53. The largest absolute Gasteiger partial charge is 0.497 e. The Balaban J connectivity index is 2.11. The van der Waals surface area contributed by atoms with E-state index in [0.29, 0.717) is 5.55 Å². The van der Waals surface area contributed by atoms with Gasteiger partial charge >= 0.3 is 0 Å². The van der Waals surface area contributed by atoms with Crippen molar-refractivity contribution < 1.29 is 9.15 Å². The molecule has 0 amide bonds. The van der Waals surface area contributed by atoms with Crippen molar-refractivity contribution in [2.24, 2.45) is 4.99 Å². The molecule has 3 nitrogen and oxygen atoms in total. The Morgan fingerprint density at radius 2 is 1.75 bits per heavy atom. The van der Waals surface area contributed by atoms with Crippen LogP contribution in [0.5, 0.6) is 5.75 Å². The lowest BCUT2D eigenvalue weighted by molar-refractivity contribution is 0.414.